The fourth-order valence-corrected chi connectivity index (χ4v) is 2.91. The number of aromatic nitrogens is 2. The molecule has 0 aromatic carbocycles. The molecule has 0 saturated carbocycles. The minimum absolute atomic E-state index is 1.02. The molecule has 0 amide bonds. The highest BCUT2D eigenvalue weighted by molar-refractivity contribution is 5.60. The predicted octanol–water partition coefficient (Wildman–Crippen LogP) is 4.70. The van der Waals surface area contributed by atoms with Gasteiger partial charge in [0.05, 0.1) is 0 Å². The van der Waals surface area contributed by atoms with Crippen LogP contribution in [-0.2, 0) is 13.1 Å². The first-order valence-corrected chi connectivity index (χ1v) is 9.32. The van der Waals surface area contributed by atoms with Gasteiger partial charge in [-0.05, 0) is 24.5 Å². The van der Waals surface area contributed by atoms with E-state index in [1.165, 1.54) is 56.1 Å². The number of rotatable bonds is 10. The molecule has 2 heteroatoms. The summed E-state index contributed by atoms with van der Waals surface area (Å²) in [6.45, 7) is 6.60. The van der Waals surface area contributed by atoms with E-state index in [0.717, 1.165) is 13.1 Å². The van der Waals surface area contributed by atoms with Crippen LogP contribution < -0.4 is 9.13 Å². The zero-order valence-electron chi connectivity index (χ0n) is 14.9. The highest BCUT2D eigenvalue weighted by atomic mass is 14.9. The minimum atomic E-state index is 1.02. The normalized spacial score (nSPS) is 10.9. The second kappa shape index (κ2) is 10.1. The van der Waals surface area contributed by atoms with Gasteiger partial charge in [-0.15, -0.1) is 0 Å². The van der Waals surface area contributed by atoms with E-state index >= 15 is 0 Å². The lowest BCUT2D eigenvalue weighted by Gasteiger charge is -2.02. The summed E-state index contributed by atoms with van der Waals surface area (Å²) in [7, 11) is 0. The number of nitrogens with zero attached hydrogens (tertiary/aromatic N) is 2. The molecule has 2 nitrogen and oxygen atoms in total. The van der Waals surface area contributed by atoms with E-state index < -0.39 is 0 Å². The van der Waals surface area contributed by atoms with Gasteiger partial charge in [0.15, 0.2) is 24.8 Å². The van der Waals surface area contributed by atoms with Crippen molar-refractivity contribution in [3.05, 3.63) is 49.1 Å². The van der Waals surface area contributed by atoms with Gasteiger partial charge in [0.25, 0.3) is 0 Å². The molecule has 0 atom stereocenters. The molecule has 23 heavy (non-hydrogen) atoms. The Hall–Kier alpha value is -1.70. The van der Waals surface area contributed by atoms with Crippen molar-refractivity contribution < 1.29 is 9.13 Å². The Morgan fingerprint density at radius 1 is 0.609 bits per heavy atom. The minimum Gasteiger partial charge on any atom is -0.205 e. The Labute approximate surface area is 141 Å². The quantitative estimate of drug-likeness (QED) is 0.444. The highest BCUT2D eigenvalue weighted by Gasteiger charge is 2.04. The van der Waals surface area contributed by atoms with E-state index in [1.807, 2.05) is 0 Å². The van der Waals surface area contributed by atoms with Crippen LogP contribution in [0, 0.1) is 0 Å². The van der Waals surface area contributed by atoms with Gasteiger partial charge in [-0.3, -0.25) is 0 Å². The molecule has 0 fully saturated rings. The number of aryl methyl sites for hydroxylation is 2. The molecule has 124 valence electrons. The number of hydrogen-bond donors (Lipinski definition) is 0. The molecule has 0 radical (unpaired) electrons. The summed E-state index contributed by atoms with van der Waals surface area (Å²) >= 11 is 0. The number of hydrogen-bond acceptors (Lipinski definition) is 0. The van der Waals surface area contributed by atoms with E-state index in [1.54, 1.807) is 0 Å². The Balaban J connectivity index is 1.75. The van der Waals surface area contributed by atoms with Crippen LogP contribution in [0.1, 0.15) is 58.8 Å². The maximum Gasteiger partial charge on any atom is 0.169 e. The summed E-state index contributed by atoms with van der Waals surface area (Å²) in [6.07, 6.45) is 18.3. The third kappa shape index (κ3) is 6.13. The average Bonchev–Trinajstić information content (AvgIpc) is 2.61. The Morgan fingerprint density at radius 2 is 1.09 bits per heavy atom. The Morgan fingerprint density at radius 3 is 1.61 bits per heavy atom. The lowest BCUT2D eigenvalue weighted by Crippen LogP contribution is -2.32. The fraction of sp³-hybridized carbons (Fsp3) is 0.524. The van der Waals surface area contributed by atoms with Crippen molar-refractivity contribution in [1.29, 1.82) is 0 Å². The summed E-state index contributed by atoms with van der Waals surface area (Å²) in [6, 6.07) is 8.85. The zero-order valence-corrected chi connectivity index (χ0v) is 14.9. The number of unbranched alkanes of at least 4 members (excludes halogenated alkanes) is 6. The molecule has 0 spiro atoms. The van der Waals surface area contributed by atoms with Crippen LogP contribution in [0.25, 0.3) is 11.1 Å². The van der Waals surface area contributed by atoms with Crippen LogP contribution in [0.2, 0.25) is 0 Å². The first-order chi connectivity index (χ1) is 11.3. The Kier molecular flexibility index (Phi) is 7.79. The molecule has 2 aromatic heterocycles. The van der Waals surface area contributed by atoms with Crippen LogP contribution >= 0.6 is 0 Å². The lowest BCUT2D eigenvalue weighted by molar-refractivity contribution is -0.697. The zero-order chi connectivity index (χ0) is 16.3. The van der Waals surface area contributed by atoms with Crippen LogP contribution in [0.4, 0.5) is 0 Å². The highest BCUT2D eigenvalue weighted by Crippen LogP contribution is 2.15. The van der Waals surface area contributed by atoms with Crippen LogP contribution in [0.15, 0.2) is 49.1 Å². The van der Waals surface area contributed by atoms with Gasteiger partial charge in [-0.25, -0.2) is 9.13 Å². The van der Waals surface area contributed by atoms with Gasteiger partial charge in [-0.1, -0.05) is 39.0 Å². The van der Waals surface area contributed by atoms with Gasteiger partial charge in [0.2, 0.25) is 0 Å². The van der Waals surface area contributed by atoms with E-state index in [2.05, 4.69) is 72.0 Å². The lowest BCUT2D eigenvalue weighted by atomic mass is 10.1. The second-order valence-corrected chi connectivity index (χ2v) is 6.36. The molecule has 0 aliphatic rings. The summed E-state index contributed by atoms with van der Waals surface area (Å²) in [4.78, 5) is 0. The molecule has 0 aliphatic heterocycles. The molecule has 0 unspecified atom stereocenters. The van der Waals surface area contributed by atoms with Crippen molar-refractivity contribution >= 4 is 0 Å². The van der Waals surface area contributed by atoms with Gasteiger partial charge in [0, 0.05) is 30.7 Å². The SMILES string of the molecule is CCCCCCCCC[n+]1ccc(-c2cc[n+](CC)cc2)cc1. The van der Waals surface area contributed by atoms with Crippen LogP contribution in [0.5, 0.6) is 0 Å². The maximum atomic E-state index is 2.31. The smallest absolute Gasteiger partial charge is 0.169 e. The van der Waals surface area contributed by atoms with Crippen molar-refractivity contribution in [3.8, 4) is 11.1 Å². The summed E-state index contributed by atoms with van der Waals surface area (Å²) < 4.78 is 4.50. The van der Waals surface area contributed by atoms with E-state index in [9.17, 15) is 0 Å². The van der Waals surface area contributed by atoms with Crippen molar-refractivity contribution in [3.63, 3.8) is 0 Å². The molecular weight excluding hydrogens is 280 g/mol. The molecule has 2 rings (SSSR count). The van der Waals surface area contributed by atoms with Crippen molar-refractivity contribution in [2.24, 2.45) is 0 Å². The Bertz CT molecular complexity index is 543. The van der Waals surface area contributed by atoms with Crippen molar-refractivity contribution in [2.45, 2.75) is 71.9 Å². The van der Waals surface area contributed by atoms with Crippen molar-refractivity contribution in [2.75, 3.05) is 0 Å². The summed E-state index contributed by atoms with van der Waals surface area (Å²) in [5.74, 6) is 0. The van der Waals surface area contributed by atoms with Gasteiger partial charge in [-0.2, -0.15) is 0 Å². The van der Waals surface area contributed by atoms with Crippen molar-refractivity contribution in [1.82, 2.24) is 0 Å². The summed E-state index contributed by atoms with van der Waals surface area (Å²) in [5, 5.41) is 0. The van der Waals surface area contributed by atoms with Crippen LogP contribution in [-0.4, -0.2) is 0 Å². The van der Waals surface area contributed by atoms with Crippen LogP contribution in [0.3, 0.4) is 0 Å². The molecule has 0 N–H and O–H groups in total. The second-order valence-electron chi connectivity index (χ2n) is 6.36. The third-order valence-electron chi connectivity index (χ3n) is 4.50. The number of pyridine rings is 2. The molecular formula is C21H32N2+2. The third-order valence-corrected chi connectivity index (χ3v) is 4.50. The monoisotopic (exact) mass is 312 g/mol. The van der Waals surface area contributed by atoms with E-state index in [0.29, 0.717) is 0 Å². The maximum absolute atomic E-state index is 2.31. The van der Waals surface area contributed by atoms with E-state index in [4.69, 9.17) is 0 Å². The van der Waals surface area contributed by atoms with E-state index in [-0.39, 0.29) is 0 Å². The molecule has 2 heterocycles. The first kappa shape index (κ1) is 17.7. The topological polar surface area (TPSA) is 7.76 Å². The summed E-state index contributed by atoms with van der Waals surface area (Å²) in [5.41, 5.74) is 2.59. The van der Waals surface area contributed by atoms with Gasteiger partial charge >= 0.3 is 0 Å². The van der Waals surface area contributed by atoms with Gasteiger partial charge < -0.3 is 0 Å². The average molecular weight is 313 g/mol. The largest absolute Gasteiger partial charge is 0.205 e. The fourth-order valence-electron chi connectivity index (χ4n) is 2.91. The molecule has 0 bridgehead atoms. The molecule has 2 aromatic rings. The molecule has 0 aliphatic carbocycles. The standard InChI is InChI=1S/C21H32N2/c1-3-5-6-7-8-9-10-15-23-18-13-21(14-19-23)20-11-16-22(4-2)17-12-20/h11-14,16-19H,3-10,15H2,1-2H3/q+2. The predicted molar refractivity (Wildman–Crippen MR) is 95.9 cm³/mol. The van der Waals surface area contributed by atoms with Gasteiger partial charge in [0.1, 0.15) is 13.1 Å². The first-order valence-electron chi connectivity index (χ1n) is 9.32. The molecule has 0 saturated heterocycles.